The second kappa shape index (κ2) is 5.50. The van der Waals surface area contributed by atoms with Crippen molar-refractivity contribution < 1.29 is 19.4 Å². The fraction of sp³-hybridized carbons (Fsp3) is 0.600. The van der Waals surface area contributed by atoms with Crippen molar-refractivity contribution in [2.75, 3.05) is 14.2 Å². The molecule has 0 fully saturated rings. The SMILES string of the molecule is CCCn1ncc(OC)c1C(O)C(=O)OC. The predicted molar refractivity (Wildman–Crippen MR) is 56.0 cm³/mol. The van der Waals surface area contributed by atoms with E-state index in [1.807, 2.05) is 6.92 Å². The van der Waals surface area contributed by atoms with E-state index < -0.39 is 12.1 Å². The van der Waals surface area contributed by atoms with Gasteiger partial charge in [0.2, 0.25) is 0 Å². The number of methoxy groups -OCH3 is 2. The molecule has 1 aromatic rings. The first-order valence-corrected chi connectivity index (χ1v) is 5.01. The van der Waals surface area contributed by atoms with Crippen LogP contribution in [-0.2, 0) is 16.1 Å². The molecule has 0 saturated heterocycles. The van der Waals surface area contributed by atoms with Gasteiger partial charge in [-0.25, -0.2) is 4.79 Å². The average Bonchev–Trinajstić information content (AvgIpc) is 2.70. The summed E-state index contributed by atoms with van der Waals surface area (Å²) in [5.41, 5.74) is 0.330. The Kier molecular flexibility index (Phi) is 4.30. The number of esters is 1. The molecule has 0 saturated carbocycles. The molecule has 90 valence electrons. The number of carbonyl (C=O) groups is 1. The van der Waals surface area contributed by atoms with Crippen LogP contribution in [-0.4, -0.2) is 35.1 Å². The highest BCUT2D eigenvalue weighted by molar-refractivity contribution is 5.76. The van der Waals surface area contributed by atoms with Gasteiger partial charge in [-0.3, -0.25) is 4.68 Å². The van der Waals surface area contributed by atoms with Crippen molar-refractivity contribution in [1.29, 1.82) is 0 Å². The van der Waals surface area contributed by atoms with Gasteiger partial charge in [0.25, 0.3) is 0 Å². The molecule has 0 aromatic carbocycles. The van der Waals surface area contributed by atoms with Gasteiger partial charge in [0.05, 0.1) is 20.4 Å². The molecule has 0 aliphatic heterocycles. The summed E-state index contributed by atoms with van der Waals surface area (Å²) < 4.78 is 11.1. The third-order valence-corrected chi connectivity index (χ3v) is 2.18. The molecule has 0 radical (unpaired) electrons. The van der Waals surface area contributed by atoms with E-state index in [4.69, 9.17) is 4.74 Å². The van der Waals surface area contributed by atoms with E-state index in [2.05, 4.69) is 9.84 Å². The number of aromatic nitrogens is 2. The predicted octanol–water partition coefficient (Wildman–Crippen LogP) is 0.508. The van der Waals surface area contributed by atoms with Gasteiger partial charge in [0.1, 0.15) is 5.69 Å². The van der Waals surface area contributed by atoms with Crippen LogP contribution in [0.15, 0.2) is 6.20 Å². The molecular weight excluding hydrogens is 212 g/mol. The quantitative estimate of drug-likeness (QED) is 0.743. The van der Waals surface area contributed by atoms with Crippen LogP contribution >= 0.6 is 0 Å². The van der Waals surface area contributed by atoms with Gasteiger partial charge < -0.3 is 14.6 Å². The van der Waals surface area contributed by atoms with Crippen molar-refractivity contribution >= 4 is 5.97 Å². The Hall–Kier alpha value is -1.56. The fourth-order valence-corrected chi connectivity index (χ4v) is 1.42. The zero-order valence-corrected chi connectivity index (χ0v) is 9.64. The summed E-state index contributed by atoms with van der Waals surface area (Å²) in [6.45, 7) is 2.58. The first-order valence-electron chi connectivity index (χ1n) is 5.01. The maximum atomic E-state index is 11.3. The van der Waals surface area contributed by atoms with Crippen LogP contribution in [0.5, 0.6) is 5.75 Å². The zero-order valence-electron chi connectivity index (χ0n) is 9.64. The van der Waals surface area contributed by atoms with E-state index >= 15 is 0 Å². The minimum absolute atomic E-state index is 0.330. The zero-order chi connectivity index (χ0) is 12.1. The number of ether oxygens (including phenoxy) is 2. The van der Waals surface area contributed by atoms with Gasteiger partial charge in [0, 0.05) is 6.54 Å². The Bertz CT molecular complexity index is 362. The Morgan fingerprint density at radius 2 is 2.31 bits per heavy atom. The molecule has 0 amide bonds. The van der Waals surface area contributed by atoms with E-state index in [1.54, 1.807) is 4.68 Å². The third kappa shape index (κ3) is 2.33. The standard InChI is InChI=1S/C10H16N2O4/c1-4-5-12-8(7(15-2)6-11-12)9(13)10(14)16-3/h6,9,13H,4-5H2,1-3H3. The summed E-state index contributed by atoms with van der Waals surface area (Å²) in [5, 5.41) is 13.8. The van der Waals surface area contributed by atoms with Crippen LogP contribution in [0.2, 0.25) is 0 Å². The van der Waals surface area contributed by atoms with Crippen LogP contribution in [0, 0.1) is 0 Å². The summed E-state index contributed by atoms with van der Waals surface area (Å²) in [7, 11) is 2.68. The number of carbonyl (C=O) groups excluding carboxylic acids is 1. The lowest BCUT2D eigenvalue weighted by atomic mass is 10.2. The normalized spacial score (nSPS) is 12.2. The molecule has 0 bridgehead atoms. The molecule has 16 heavy (non-hydrogen) atoms. The van der Waals surface area contributed by atoms with Gasteiger partial charge in [-0.2, -0.15) is 5.10 Å². The molecule has 1 aromatic heterocycles. The smallest absolute Gasteiger partial charge is 0.341 e. The molecule has 1 N–H and O–H groups in total. The molecule has 0 aliphatic rings. The van der Waals surface area contributed by atoms with Crippen molar-refractivity contribution in [2.24, 2.45) is 0 Å². The van der Waals surface area contributed by atoms with Crippen molar-refractivity contribution in [2.45, 2.75) is 26.0 Å². The highest BCUT2D eigenvalue weighted by atomic mass is 16.5. The van der Waals surface area contributed by atoms with Gasteiger partial charge in [0.15, 0.2) is 11.9 Å². The number of hydrogen-bond acceptors (Lipinski definition) is 5. The molecule has 1 heterocycles. The Labute approximate surface area is 93.8 Å². The summed E-state index contributed by atoms with van der Waals surface area (Å²) in [6, 6.07) is 0. The van der Waals surface area contributed by atoms with Crippen molar-refractivity contribution in [3.8, 4) is 5.75 Å². The van der Waals surface area contributed by atoms with Crippen LogP contribution in [0.3, 0.4) is 0 Å². The molecule has 6 heteroatoms. The highest BCUT2D eigenvalue weighted by Gasteiger charge is 2.26. The Morgan fingerprint density at radius 1 is 1.62 bits per heavy atom. The number of rotatable bonds is 5. The maximum Gasteiger partial charge on any atom is 0.341 e. The molecule has 0 spiro atoms. The largest absolute Gasteiger partial charge is 0.493 e. The van der Waals surface area contributed by atoms with Crippen molar-refractivity contribution in [3.63, 3.8) is 0 Å². The van der Waals surface area contributed by atoms with Crippen LogP contribution in [0.1, 0.15) is 25.1 Å². The summed E-state index contributed by atoms with van der Waals surface area (Å²) in [5.74, 6) is -0.345. The number of hydrogen-bond donors (Lipinski definition) is 1. The lowest BCUT2D eigenvalue weighted by Gasteiger charge is -2.12. The Balaban J connectivity index is 3.06. The second-order valence-corrected chi connectivity index (χ2v) is 3.25. The van der Waals surface area contributed by atoms with Crippen molar-refractivity contribution in [3.05, 3.63) is 11.9 Å². The molecule has 6 nitrogen and oxygen atoms in total. The lowest BCUT2D eigenvalue weighted by molar-refractivity contribution is -0.151. The number of aryl methyl sites for hydroxylation is 1. The van der Waals surface area contributed by atoms with Gasteiger partial charge in [-0.15, -0.1) is 0 Å². The third-order valence-electron chi connectivity index (χ3n) is 2.18. The minimum atomic E-state index is -1.37. The number of aliphatic hydroxyl groups excluding tert-OH is 1. The monoisotopic (exact) mass is 228 g/mol. The van der Waals surface area contributed by atoms with Gasteiger partial charge in [-0.05, 0) is 6.42 Å². The minimum Gasteiger partial charge on any atom is -0.493 e. The number of nitrogens with zero attached hydrogens (tertiary/aromatic N) is 2. The first-order chi connectivity index (χ1) is 7.65. The average molecular weight is 228 g/mol. The highest BCUT2D eigenvalue weighted by Crippen LogP contribution is 2.25. The molecule has 1 atom stereocenters. The van der Waals surface area contributed by atoms with E-state index in [1.165, 1.54) is 20.4 Å². The Morgan fingerprint density at radius 3 is 2.81 bits per heavy atom. The van der Waals surface area contributed by atoms with E-state index in [0.717, 1.165) is 6.42 Å². The van der Waals surface area contributed by atoms with Crippen LogP contribution in [0.4, 0.5) is 0 Å². The topological polar surface area (TPSA) is 73.6 Å². The van der Waals surface area contributed by atoms with E-state index in [-0.39, 0.29) is 0 Å². The molecule has 1 unspecified atom stereocenters. The fourth-order valence-electron chi connectivity index (χ4n) is 1.42. The maximum absolute atomic E-state index is 11.3. The lowest BCUT2D eigenvalue weighted by Crippen LogP contribution is -2.18. The molecular formula is C10H16N2O4. The van der Waals surface area contributed by atoms with Crippen molar-refractivity contribution in [1.82, 2.24) is 9.78 Å². The van der Waals surface area contributed by atoms with E-state index in [9.17, 15) is 9.90 Å². The first kappa shape index (κ1) is 12.5. The second-order valence-electron chi connectivity index (χ2n) is 3.25. The molecule has 1 rings (SSSR count). The van der Waals surface area contributed by atoms with Gasteiger partial charge >= 0.3 is 5.97 Å². The van der Waals surface area contributed by atoms with Gasteiger partial charge in [-0.1, -0.05) is 6.92 Å². The molecule has 0 aliphatic carbocycles. The number of aliphatic hydroxyl groups is 1. The van der Waals surface area contributed by atoms with Crippen LogP contribution in [0.25, 0.3) is 0 Å². The van der Waals surface area contributed by atoms with Crippen LogP contribution < -0.4 is 4.74 Å². The summed E-state index contributed by atoms with van der Waals surface area (Å²) in [6.07, 6.45) is 0.942. The summed E-state index contributed by atoms with van der Waals surface area (Å²) >= 11 is 0. The van der Waals surface area contributed by atoms with E-state index in [0.29, 0.717) is 18.0 Å². The summed E-state index contributed by atoms with van der Waals surface area (Å²) in [4.78, 5) is 11.3.